The summed E-state index contributed by atoms with van der Waals surface area (Å²) in [5.74, 6) is -3.13. The van der Waals surface area contributed by atoms with Crippen LogP contribution in [0.25, 0.3) is 10.8 Å². The van der Waals surface area contributed by atoms with Crippen LogP contribution in [0.1, 0.15) is 37.6 Å². The molecule has 3 rings (SSSR count). The molecule has 0 N–H and O–H groups in total. The Labute approximate surface area is 168 Å². The van der Waals surface area contributed by atoms with Crippen molar-refractivity contribution in [3.63, 3.8) is 0 Å². The maximum atomic E-state index is 13.2. The minimum atomic E-state index is -1.20. The quantitative estimate of drug-likeness (QED) is 0.448. The van der Waals surface area contributed by atoms with E-state index in [1.165, 1.54) is 7.11 Å². The molecule has 1 saturated heterocycles. The summed E-state index contributed by atoms with van der Waals surface area (Å²) < 4.78 is 10.0. The van der Waals surface area contributed by atoms with E-state index in [4.69, 9.17) is 9.47 Å². The van der Waals surface area contributed by atoms with Gasteiger partial charge in [-0.25, -0.2) is 14.5 Å². The molecule has 7 nitrogen and oxygen atoms in total. The summed E-state index contributed by atoms with van der Waals surface area (Å²) in [4.78, 5) is 51.8. The number of benzene rings is 2. The van der Waals surface area contributed by atoms with Crippen LogP contribution in [0.3, 0.4) is 0 Å². The highest BCUT2D eigenvalue weighted by Gasteiger charge is 2.51. The second-order valence-corrected chi connectivity index (χ2v) is 7.91. The van der Waals surface area contributed by atoms with Crippen LogP contribution in [0.15, 0.2) is 42.5 Å². The highest BCUT2D eigenvalue weighted by Crippen LogP contribution is 2.32. The zero-order valence-electron chi connectivity index (χ0n) is 16.8. The van der Waals surface area contributed by atoms with Gasteiger partial charge in [0.2, 0.25) is 5.91 Å². The monoisotopic (exact) mass is 397 g/mol. The van der Waals surface area contributed by atoms with Gasteiger partial charge in [-0.05, 0) is 38.0 Å². The van der Waals surface area contributed by atoms with Crippen molar-refractivity contribution >= 4 is 34.5 Å². The molecule has 1 aliphatic heterocycles. The summed E-state index contributed by atoms with van der Waals surface area (Å²) in [5.41, 5.74) is -0.494. The molecular formula is C22H23NO6. The molecule has 0 bridgehead atoms. The molecule has 2 atom stereocenters. The third kappa shape index (κ3) is 3.99. The Morgan fingerprint density at radius 2 is 1.69 bits per heavy atom. The third-order valence-corrected chi connectivity index (χ3v) is 4.74. The molecule has 1 unspecified atom stereocenters. The summed E-state index contributed by atoms with van der Waals surface area (Å²) in [5, 5.41) is 1.57. The van der Waals surface area contributed by atoms with Gasteiger partial charge >= 0.3 is 12.1 Å². The second-order valence-electron chi connectivity index (χ2n) is 7.91. The average molecular weight is 397 g/mol. The van der Waals surface area contributed by atoms with Gasteiger partial charge in [0.05, 0.1) is 7.11 Å². The van der Waals surface area contributed by atoms with E-state index in [-0.39, 0.29) is 6.42 Å². The first kappa shape index (κ1) is 20.5. The van der Waals surface area contributed by atoms with Crippen molar-refractivity contribution in [2.75, 3.05) is 7.11 Å². The summed E-state index contributed by atoms with van der Waals surface area (Å²) in [6.45, 7) is 4.95. The number of Topliss-reactive ketones (excluding diaryl/α,β-unsaturated/α-hetero) is 1. The number of hydrogen-bond donors (Lipinski definition) is 0. The Morgan fingerprint density at radius 3 is 2.34 bits per heavy atom. The number of rotatable bonds is 3. The van der Waals surface area contributed by atoms with Crippen LogP contribution in [0.5, 0.6) is 0 Å². The van der Waals surface area contributed by atoms with Crippen LogP contribution in [-0.4, -0.2) is 47.4 Å². The lowest BCUT2D eigenvalue weighted by molar-refractivity contribution is -0.148. The molecule has 7 heteroatoms. The minimum absolute atomic E-state index is 0.146. The summed E-state index contributed by atoms with van der Waals surface area (Å²) >= 11 is 0. The van der Waals surface area contributed by atoms with Crippen molar-refractivity contribution < 1.29 is 28.7 Å². The van der Waals surface area contributed by atoms with Crippen molar-refractivity contribution in [1.29, 1.82) is 0 Å². The largest absolute Gasteiger partial charge is 0.467 e. The molecule has 1 fully saturated rings. The van der Waals surface area contributed by atoms with E-state index in [2.05, 4.69) is 0 Å². The zero-order chi connectivity index (χ0) is 21.3. The molecule has 152 valence electrons. The number of carbonyl (C=O) groups is 4. The molecule has 0 aromatic heterocycles. The molecule has 2 aromatic rings. The summed E-state index contributed by atoms with van der Waals surface area (Å²) in [7, 11) is 1.17. The number of amides is 2. The normalized spacial score (nSPS) is 19.3. The zero-order valence-corrected chi connectivity index (χ0v) is 16.8. The topological polar surface area (TPSA) is 90.0 Å². The molecule has 29 heavy (non-hydrogen) atoms. The van der Waals surface area contributed by atoms with Crippen molar-refractivity contribution in [3.8, 4) is 0 Å². The molecule has 0 spiro atoms. The van der Waals surface area contributed by atoms with E-state index >= 15 is 0 Å². The van der Waals surface area contributed by atoms with Crippen molar-refractivity contribution in [2.45, 2.75) is 38.8 Å². The van der Waals surface area contributed by atoms with Crippen LogP contribution >= 0.6 is 0 Å². The number of esters is 1. The summed E-state index contributed by atoms with van der Waals surface area (Å²) in [6.07, 6.45) is -1.11. The Kier molecular flexibility index (Phi) is 5.42. The standard InChI is InChI=1S/C22H23NO6/c1-22(2,3)29-21(27)23-17(20(26)28-4)12-16(19(23)25)18(24)15-11-7-9-13-8-5-6-10-14(13)15/h5-11,16-17H,12H2,1-4H3/t16?,17-/m0/s1. The number of hydrogen-bond acceptors (Lipinski definition) is 6. The third-order valence-electron chi connectivity index (χ3n) is 4.74. The van der Waals surface area contributed by atoms with Crippen LogP contribution < -0.4 is 0 Å². The number of ether oxygens (including phenoxy) is 2. The number of imide groups is 1. The summed E-state index contributed by atoms with van der Waals surface area (Å²) in [6, 6.07) is 11.4. The van der Waals surface area contributed by atoms with E-state index < -0.39 is 41.3 Å². The lowest BCUT2D eigenvalue weighted by atomic mass is 9.91. The van der Waals surface area contributed by atoms with Gasteiger partial charge in [0, 0.05) is 5.56 Å². The maximum absolute atomic E-state index is 13.2. The smallest absolute Gasteiger partial charge is 0.417 e. The molecule has 0 aliphatic carbocycles. The number of methoxy groups -OCH3 is 1. The van der Waals surface area contributed by atoms with E-state index in [1.54, 1.807) is 45.0 Å². The van der Waals surface area contributed by atoms with Crippen LogP contribution in [0.2, 0.25) is 0 Å². The SMILES string of the molecule is COC(=O)[C@@H]1CC(C(=O)c2cccc3ccccc23)C(=O)N1C(=O)OC(C)(C)C. The van der Waals surface area contributed by atoms with Gasteiger partial charge in [-0.2, -0.15) is 0 Å². The van der Waals surface area contributed by atoms with Crippen LogP contribution in [-0.2, 0) is 19.1 Å². The fraction of sp³-hybridized carbons (Fsp3) is 0.364. The number of fused-ring (bicyclic) bond motifs is 1. The van der Waals surface area contributed by atoms with E-state index in [0.717, 1.165) is 5.39 Å². The van der Waals surface area contributed by atoms with E-state index in [0.29, 0.717) is 15.8 Å². The predicted octanol–water partition coefficient (Wildman–Crippen LogP) is 3.35. The lowest BCUT2D eigenvalue weighted by Crippen LogP contribution is -2.46. The Hall–Kier alpha value is -3.22. The van der Waals surface area contributed by atoms with E-state index in [1.807, 2.05) is 18.2 Å². The molecule has 1 heterocycles. The first-order valence-electron chi connectivity index (χ1n) is 9.30. The highest BCUT2D eigenvalue weighted by atomic mass is 16.6. The Balaban J connectivity index is 1.97. The van der Waals surface area contributed by atoms with E-state index in [9.17, 15) is 19.2 Å². The van der Waals surface area contributed by atoms with Gasteiger partial charge in [0.15, 0.2) is 5.78 Å². The number of nitrogens with zero attached hydrogens (tertiary/aromatic N) is 1. The Bertz CT molecular complexity index is 985. The van der Waals surface area contributed by atoms with Gasteiger partial charge in [-0.1, -0.05) is 42.5 Å². The predicted molar refractivity (Wildman–Crippen MR) is 105 cm³/mol. The van der Waals surface area contributed by atoms with Crippen molar-refractivity contribution in [3.05, 3.63) is 48.0 Å². The molecular weight excluding hydrogens is 374 g/mol. The number of likely N-dealkylation sites (tertiary alicyclic amines) is 1. The van der Waals surface area contributed by atoms with Gasteiger partial charge in [-0.3, -0.25) is 9.59 Å². The van der Waals surface area contributed by atoms with Gasteiger partial charge in [0.25, 0.3) is 0 Å². The van der Waals surface area contributed by atoms with Gasteiger partial charge < -0.3 is 9.47 Å². The number of carbonyl (C=O) groups excluding carboxylic acids is 4. The molecule has 0 saturated carbocycles. The highest BCUT2D eigenvalue weighted by molar-refractivity contribution is 6.19. The average Bonchev–Trinajstić information content (AvgIpc) is 3.02. The number of ketones is 1. The molecule has 2 aromatic carbocycles. The molecule has 2 amide bonds. The van der Waals surface area contributed by atoms with Gasteiger partial charge in [-0.15, -0.1) is 0 Å². The Morgan fingerprint density at radius 1 is 1.03 bits per heavy atom. The molecule has 0 radical (unpaired) electrons. The fourth-order valence-corrected chi connectivity index (χ4v) is 3.46. The first-order valence-corrected chi connectivity index (χ1v) is 9.30. The van der Waals surface area contributed by atoms with Crippen molar-refractivity contribution in [1.82, 2.24) is 4.90 Å². The second kappa shape index (κ2) is 7.66. The van der Waals surface area contributed by atoms with Crippen LogP contribution in [0.4, 0.5) is 4.79 Å². The van der Waals surface area contributed by atoms with Gasteiger partial charge in [0.1, 0.15) is 17.6 Å². The van der Waals surface area contributed by atoms with Crippen molar-refractivity contribution in [2.24, 2.45) is 5.92 Å². The molecule has 1 aliphatic rings. The first-order chi connectivity index (χ1) is 13.6. The fourth-order valence-electron chi connectivity index (χ4n) is 3.46. The minimum Gasteiger partial charge on any atom is -0.467 e. The lowest BCUT2D eigenvalue weighted by Gasteiger charge is -2.26. The maximum Gasteiger partial charge on any atom is 0.417 e. The van der Waals surface area contributed by atoms with Crippen LogP contribution in [0, 0.1) is 5.92 Å².